The molecule has 29 heavy (non-hydrogen) atoms. The Kier molecular flexibility index (Phi) is 7.51. The summed E-state index contributed by atoms with van der Waals surface area (Å²) in [6.45, 7) is 6.36. The van der Waals surface area contributed by atoms with E-state index in [-0.39, 0.29) is 17.7 Å². The van der Waals surface area contributed by atoms with Crippen LogP contribution in [0.4, 0.5) is 4.79 Å². The van der Waals surface area contributed by atoms with E-state index in [2.05, 4.69) is 31.9 Å². The fourth-order valence-electron chi connectivity index (χ4n) is 2.48. The van der Waals surface area contributed by atoms with Gasteiger partial charge in [-0.15, -0.1) is 21.5 Å². The summed E-state index contributed by atoms with van der Waals surface area (Å²) >= 11 is 4.54. The first kappa shape index (κ1) is 21.6. The quantitative estimate of drug-likeness (QED) is 0.506. The van der Waals surface area contributed by atoms with E-state index in [9.17, 15) is 9.59 Å². The molecule has 0 fully saturated rings. The summed E-state index contributed by atoms with van der Waals surface area (Å²) in [4.78, 5) is 28.2. The lowest BCUT2D eigenvalue weighted by atomic mass is 10.3. The molecule has 154 valence electrons. The molecule has 8 nitrogen and oxygen atoms in total. The van der Waals surface area contributed by atoms with E-state index in [1.807, 2.05) is 43.5 Å². The van der Waals surface area contributed by atoms with Crippen molar-refractivity contribution in [1.82, 2.24) is 30.4 Å². The molecule has 2 N–H and O–H groups in total. The molecule has 0 saturated carbocycles. The topological polar surface area (TPSA) is 102 Å². The lowest BCUT2D eigenvalue weighted by Crippen LogP contribution is -2.43. The first-order valence-electron chi connectivity index (χ1n) is 9.09. The molecule has 0 aliphatic heterocycles. The van der Waals surface area contributed by atoms with Gasteiger partial charge in [0.1, 0.15) is 5.82 Å². The molecule has 2 aromatic heterocycles. The van der Waals surface area contributed by atoms with Crippen LogP contribution in [-0.2, 0) is 17.1 Å². The summed E-state index contributed by atoms with van der Waals surface area (Å²) in [6, 6.07) is 7.54. The molecule has 3 rings (SSSR count). The van der Waals surface area contributed by atoms with E-state index in [1.165, 1.54) is 11.8 Å². The molecule has 0 bridgehead atoms. The second kappa shape index (κ2) is 10.1. The predicted molar refractivity (Wildman–Crippen MR) is 117 cm³/mol. The minimum absolute atomic E-state index is 0.0332. The third kappa shape index (κ3) is 5.94. The number of nitrogens with zero attached hydrogens (tertiary/aromatic N) is 4. The van der Waals surface area contributed by atoms with Crippen molar-refractivity contribution >= 4 is 57.0 Å². The molecule has 0 aliphatic rings. The van der Waals surface area contributed by atoms with Crippen molar-refractivity contribution in [3.63, 3.8) is 0 Å². The minimum Gasteiger partial charge on any atom is -0.336 e. The van der Waals surface area contributed by atoms with Gasteiger partial charge < -0.3 is 9.88 Å². The summed E-state index contributed by atoms with van der Waals surface area (Å²) < 4.78 is 4.13. The number of aromatic nitrogens is 4. The van der Waals surface area contributed by atoms with Gasteiger partial charge in [0.2, 0.25) is 5.91 Å². The van der Waals surface area contributed by atoms with Crippen molar-refractivity contribution in [2.45, 2.75) is 48.6 Å². The predicted octanol–water partition coefficient (Wildman–Crippen LogP) is 3.53. The van der Waals surface area contributed by atoms with Gasteiger partial charge >= 0.3 is 6.03 Å². The Morgan fingerprint density at radius 3 is 2.72 bits per heavy atom. The number of nitrogens with one attached hydrogen (secondary N) is 2. The summed E-state index contributed by atoms with van der Waals surface area (Å²) in [5.41, 5.74) is 1.00. The Morgan fingerprint density at radius 1 is 1.21 bits per heavy atom. The standard InChI is InChI=1S/C18H22N6O2S3/c1-4-24-14(9-28-18-20-12-7-5-6-8-13(12)29-18)22-23-17(24)27-10-15(25)21-16(26)19-11(2)3/h5-8,11H,4,9-10H2,1-3H3,(H2,19,21,25,26). The maximum Gasteiger partial charge on any atom is 0.321 e. The van der Waals surface area contributed by atoms with Crippen LogP contribution < -0.4 is 10.6 Å². The van der Waals surface area contributed by atoms with Gasteiger partial charge in [0, 0.05) is 12.6 Å². The number of fused-ring (bicyclic) bond motifs is 1. The first-order chi connectivity index (χ1) is 14.0. The smallest absolute Gasteiger partial charge is 0.321 e. The van der Waals surface area contributed by atoms with Gasteiger partial charge in [-0.3, -0.25) is 10.1 Å². The van der Waals surface area contributed by atoms with Crippen LogP contribution in [0.25, 0.3) is 10.2 Å². The van der Waals surface area contributed by atoms with Crippen LogP contribution in [0.2, 0.25) is 0 Å². The zero-order chi connectivity index (χ0) is 20.8. The Morgan fingerprint density at radius 2 is 2.00 bits per heavy atom. The summed E-state index contributed by atoms with van der Waals surface area (Å²) in [5.74, 6) is 1.19. The highest BCUT2D eigenvalue weighted by molar-refractivity contribution is 8.00. The maximum absolute atomic E-state index is 11.9. The molecule has 11 heteroatoms. The molecule has 0 unspecified atom stereocenters. The number of amides is 3. The van der Waals surface area contributed by atoms with Crippen LogP contribution in [0.15, 0.2) is 33.8 Å². The van der Waals surface area contributed by atoms with E-state index >= 15 is 0 Å². The summed E-state index contributed by atoms with van der Waals surface area (Å²) in [7, 11) is 0. The highest BCUT2D eigenvalue weighted by Crippen LogP contribution is 2.31. The highest BCUT2D eigenvalue weighted by atomic mass is 32.2. The molecule has 2 heterocycles. The number of imide groups is 1. The molecular formula is C18H22N6O2S3. The number of thiazole rings is 1. The second-order valence-corrected chi connectivity index (χ2v) is 9.54. The number of hydrogen-bond acceptors (Lipinski definition) is 8. The van der Waals surface area contributed by atoms with Crippen molar-refractivity contribution in [3.8, 4) is 0 Å². The van der Waals surface area contributed by atoms with Gasteiger partial charge in [-0.05, 0) is 32.9 Å². The normalized spacial score (nSPS) is 11.2. The molecule has 3 amide bonds. The maximum atomic E-state index is 11.9. The third-order valence-electron chi connectivity index (χ3n) is 3.71. The van der Waals surface area contributed by atoms with E-state index < -0.39 is 6.03 Å². The van der Waals surface area contributed by atoms with Crippen molar-refractivity contribution < 1.29 is 9.59 Å². The lowest BCUT2D eigenvalue weighted by molar-refractivity contribution is -0.117. The van der Waals surface area contributed by atoms with E-state index in [4.69, 9.17) is 0 Å². The van der Waals surface area contributed by atoms with E-state index in [0.717, 1.165) is 20.4 Å². The van der Waals surface area contributed by atoms with E-state index in [1.54, 1.807) is 23.1 Å². The second-order valence-electron chi connectivity index (χ2n) is 6.34. The number of para-hydroxylation sites is 1. The molecule has 0 saturated heterocycles. The number of urea groups is 1. The van der Waals surface area contributed by atoms with E-state index in [0.29, 0.717) is 17.5 Å². The molecule has 0 aliphatic carbocycles. The van der Waals surface area contributed by atoms with Crippen molar-refractivity contribution in [3.05, 3.63) is 30.1 Å². The van der Waals surface area contributed by atoms with Gasteiger partial charge in [0.25, 0.3) is 0 Å². The van der Waals surface area contributed by atoms with Gasteiger partial charge in [-0.2, -0.15) is 0 Å². The Labute approximate surface area is 181 Å². The molecular weight excluding hydrogens is 428 g/mol. The van der Waals surface area contributed by atoms with Gasteiger partial charge in [0.15, 0.2) is 9.50 Å². The third-order valence-corrected chi connectivity index (χ3v) is 6.86. The molecule has 0 spiro atoms. The highest BCUT2D eigenvalue weighted by Gasteiger charge is 2.15. The molecule has 1 aromatic carbocycles. The largest absolute Gasteiger partial charge is 0.336 e. The molecule has 0 atom stereocenters. The number of benzene rings is 1. The summed E-state index contributed by atoms with van der Waals surface area (Å²) in [6.07, 6.45) is 0. The van der Waals surface area contributed by atoms with Crippen molar-refractivity contribution in [2.75, 3.05) is 5.75 Å². The van der Waals surface area contributed by atoms with Crippen molar-refractivity contribution in [2.24, 2.45) is 0 Å². The number of hydrogen-bond donors (Lipinski definition) is 2. The van der Waals surface area contributed by atoms with Gasteiger partial charge in [-0.25, -0.2) is 9.78 Å². The average molecular weight is 451 g/mol. The van der Waals surface area contributed by atoms with Crippen molar-refractivity contribution in [1.29, 1.82) is 0 Å². The van der Waals surface area contributed by atoms with Gasteiger partial charge in [-0.1, -0.05) is 35.7 Å². The monoisotopic (exact) mass is 450 g/mol. The Balaban J connectivity index is 1.56. The fraction of sp³-hybridized carbons (Fsp3) is 0.389. The molecule has 3 aromatic rings. The Bertz CT molecular complexity index is 968. The average Bonchev–Trinajstić information content (AvgIpc) is 3.26. The van der Waals surface area contributed by atoms with Crippen LogP contribution in [0.1, 0.15) is 26.6 Å². The number of thioether (sulfide) groups is 2. The summed E-state index contributed by atoms with van der Waals surface area (Å²) in [5, 5.41) is 14.1. The minimum atomic E-state index is -0.490. The zero-order valence-electron chi connectivity index (χ0n) is 16.3. The van der Waals surface area contributed by atoms with Crippen LogP contribution in [0.3, 0.4) is 0 Å². The van der Waals surface area contributed by atoms with Crippen LogP contribution in [-0.4, -0.2) is 43.5 Å². The molecule has 0 radical (unpaired) electrons. The SMILES string of the molecule is CCn1c(CSc2nc3ccccc3s2)nnc1SCC(=O)NC(=O)NC(C)C. The van der Waals surface area contributed by atoms with Crippen LogP contribution in [0.5, 0.6) is 0 Å². The van der Waals surface area contributed by atoms with Gasteiger partial charge in [0.05, 0.1) is 21.7 Å². The van der Waals surface area contributed by atoms with Crippen LogP contribution in [0, 0.1) is 0 Å². The lowest BCUT2D eigenvalue weighted by Gasteiger charge is -2.09. The Hall–Kier alpha value is -2.11. The zero-order valence-corrected chi connectivity index (χ0v) is 18.8. The number of carbonyl (C=O) groups is 2. The fourth-order valence-corrected chi connectivity index (χ4v) is 5.31. The van der Waals surface area contributed by atoms with Crippen LogP contribution >= 0.6 is 34.9 Å². The number of rotatable bonds is 8. The number of carbonyl (C=O) groups excluding carboxylic acids is 2. The first-order valence-corrected chi connectivity index (χ1v) is 11.9.